The van der Waals surface area contributed by atoms with Crippen molar-refractivity contribution >= 4 is 17.3 Å². The lowest BCUT2D eigenvalue weighted by atomic mass is 10.2. The van der Waals surface area contributed by atoms with Gasteiger partial charge in [0.25, 0.3) is 0 Å². The molecular formula is C26H34ClN3O4. The van der Waals surface area contributed by atoms with Crippen molar-refractivity contribution in [2.24, 2.45) is 0 Å². The van der Waals surface area contributed by atoms with E-state index in [-0.39, 0.29) is 0 Å². The Labute approximate surface area is 207 Å². The van der Waals surface area contributed by atoms with Crippen LogP contribution in [0.25, 0.3) is 0 Å². The lowest BCUT2D eigenvalue weighted by Crippen LogP contribution is -2.47. The van der Waals surface area contributed by atoms with Crippen molar-refractivity contribution in [2.45, 2.75) is 13.0 Å². The summed E-state index contributed by atoms with van der Waals surface area (Å²) in [4.78, 5) is 7.31. The number of anilines is 1. The minimum absolute atomic E-state index is 0.546. The van der Waals surface area contributed by atoms with Crippen LogP contribution in [0.1, 0.15) is 12.0 Å². The minimum Gasteiger partial charge on any atom is -0.494 e. The average Bonchev–Trinajstić information content (AvgIpc) is 2.89. The molecule has 5 rings (SSSR count). The first-order valence-electron chi connectivity index (χ1n) is 12.3. The van der Waals surface area contributed by atoms with Crippen molar-refractivity contribution in [3.05, 3.63) is 47.0 Å². The highest BCUT2D eigenvalue weighted by Crippen LogP contribution is 2.44. The standard InChI is InChI=1S/C26H34ClN3O4/c27-23-6-7-24(26-25(23)33-18-19-34-26)30-11-9-28(10-12-30)8-1-15-32-22-4-2-21(3-5-22)20-29-13-16-31-17-14-29/h2-7H,1,8-20H2. The van der Waals surface area contributed by atoms with Crippen molar-refractivity contribution in [1.29, 1.82) is 0 Å². The predicted molar refractivity (Wildman–Crippen MR) is 134 cm³/mol. The lowest BCUT2D eigenvalue weighted by Gasteiger charge is -2.37. The molecular weight excluding hydrogens is 454 g/mol. The summed E-state index contributed by atoms with van der Waals surface area (Å²) in [5, 5.41) is 0.615. The molecule has 7 nitrogen and oxygen atoms in total. The molecule has 8 heteroatoms. The first-order valence-corrected chi connectivity index (χ1v) is 12.7. The molecule has 3 aliphatic heterocycles. The van der Waals surface area contributed by atoms with Gasteiger partial charge in [-0.25, -0.2) is 0 Å². The lowest BCUT2D eigenvalue weighted by molar-refractivity contribution is 0.0342. The maximum Gasteiger partial charge on any atom is 0.186 e. The van der Waals surface area contributed by atoms with Crippen molar-refractivity contribution in [3.8, 4) is 17.2 Å². The summed E-state index contributed by atoms with van der Waals surface area (Å²) in [7, 11) is 0. The van der Waals surface area contributed by atoms with Gasteiger partial charge in [0.1, 0.15) is 19.0 Å². The van der Waals surface area contributed by atoms with E-state index < -0.39 is 0 Å². The van der Waals surface area contributed by atoms with Gasteiger partial charge in [-0.2, -0.15) is 0 Å². The van der Waals surface area contributed by atoms with Crippen LogP contribution in [0, 0.1) is 0 Å². The molecule has 3 heterocycles. The van der Waals surface area contributed by atoms with Crippen LogP contribution in [0.5, 0.6) is 17.2 Å². The maximum absolute atomic E-state index is 6.29. The van der Waals surface area contributed by atoms with Gasteiger partial charge >= 0.3 is 0 Å². The SMILES string of the molecule is Clc1ccc(N2CCN(CCCOc3ccc(CN4CCOCC4)cc3)CC2)c2c1OCCO2. The Balaban J connectivity index is 1.02. The van der Waals surface area contributed by atoms with Gasteiger partial charge in [-0.1, -0.05) is 23.7 Å². The largest absolute Gasteiger partial charge is 0.494 e. The van der Waals surface area contributed by atoms with E-state index in [1.54, 1.807) is 0 Å². The number of piperazine rings is 1. The molecule has 3 aliphatic rings. The van der Waals surface area contributed by atoms with Gasteiger partial charge in [0.2, 0.25) is 0 Å². The Kier molecular flexibility index (Phi) is 7.96. The summed E-state index contributed by atoms with van der Waals surface area (Å²) in [6.07, 6.45) is 1.02. The summed E-state index contributed by atoms with van der Waals surface area (Å²) in [6.45, 7) is 11.5. The van der Waals surface area contributed by atoms with Crippen molar-refractivity contribution in [3.63, 3.8) is 0 Å². The Morgan fingerprint density at radius 2 is 1.50 bits per heavy atom. The monoisotopic (exact) mass is 487 g/mol. The average molecular weight is 488 g/mol. The second kappa shape index (κ2) is 11.5. The topological polar surface area (TPSA) is 46.6 Å². The Hall–Kier alpha value is -2.19. The fourth-order valence-electron chi connectivity index (χ4n) is 4.74. The van der Waals surface area contributed by atoms with Crippen LogP contribution < -0.4 is 19.1 Å². The third kappa shape index (κ3) is 5.89. The van der Waals surface area contributed by atoms with Crippen LogP contribution >= 0.6 is 11.6 Å². The van der Waals surface area contributed by atoms with Crippen LogP contribution in [-0.2, 0) is 11.3 Å². The summed E-state index contributed by atoms with van der Waals surface area (Å²) in [5.41, 5.74) is 2.41. The number of nitrogens with zero attached hydrogens (tertiary/aromatic N) is 3. The molecule has 0 saturated carbocycles. The van der Waals surface area contributed by atoms with Gasteiger partial charge in [0.15, 0.2) is 11.5 Å². The number of ether oxygens (including phenoxy) is 4. The van der Waals surface area contributed by atoms with E-state index in [0.717, 1.165) is 95.8 Å². The highest BCUT2D eigenvalue weighted by atomic mass is 35.5. The first-order chi connectivity index (χ1) is 16.8. The second-order valence-corrected chi connectivity index (χ2v) is 9.39. The van der Waals surface area contributed by atoms with E-state index in [1.165, 1.54) is 5.56 Å². The zero-order chi connectivity index (χ0) is 23.2. The van der Waals surface area contributed by atoms with E-state index in [1.807, 2.05) is 12.1 Å². The molecule has 0 atom stereocenters. The molecule has 0 aliphatic carbocycles. The number of benzene rings is 2. The van der Waals surface area contributed by atoms with Crippen LogP contribution in [0.4, 0.5) is 5.69 Å². The molecule has 2 aromatic rings. The molecule has 0 aromatic heterocycles. The van der Waals surface area contributed by atoms with E-state index in [4.69, 9.17) is 30.5 Å². The summed E-state index contributed by atoms with van der Waals surface area (Å²) in [6, 6.07) is 12.5. The zero-order valence-electron chi connectivity index (χ0n) is 19.7. The van der Waals surface area contributed by atoms with Crippen LogP contribution in [0.15, 0.2) is 36.4 Å². The zero-order valence-corrected chi connectivity index (χ0v) is 20.5. The van der Waals surface area contributed by atoms with Crippen molar-refractivity contribution < 1.29 is 18.9 Å². The van der Waals surface area contributed by atoms with Gasteiger partial charge in [-0.05, 0) is 36.2 Å². The number of fused-ring (bicyclic) bond motifs is 1. The summed E-state index contributed by atoms with van der Waals surface area (Å²) in [5.74, 6) is 2.42. The molecule has 34 heavy (non-hydrogen) atoms. The minimum atomic E-state index is 0.546. The van der Waals surface area contributed by atoms with Crippen LogP contribution in [-0.4, -0.2) is 88.6 Å². The number of morpholine rings is 1. The Morgan fingerprint density at radius 1 is 0.765 bits per heavy atom. The normalized spacial score (nSPS) is 19.3. The van der Waals surface area contributed by atoms with Crippen molar-refractivity contribution in [1.82, 2.24) is 9.80 Å². The molecule has 0 spiro atoms. The molecule has 184 valence electrons. The molecule has 0 bridgehead atoms. The van der Waals surface area contributed by atoms with Gasteiger partial charge in [-0.3, -0.25) is 9.80 Å². The molecule has 2 saturated heterocycles. The van der Waals surface area contributed by atoms with Gasteiger partial charge in [0, 0.05) is 52.4 Å². The van der Waals surface area contributed by atoms with Crippen LogP contribution in [0.2, 0.25) is 5.02 Å². The highest BCUT2D eigenvalue weighted by molar-refractivity contribution is 6.32. The third-order valence-corrected chi connectivity index (χ3v) is 6.95. The van der Waals surface area contributed by atoms with E-state index in [0.29, 0.717) is 24.0 Å². The number of halogens is 1. The van der Waals surface area contributed by atoms with Crippen molar-refractivity contribution in [2.75, 3.05) is 83.7 Å². The maximum atomic E-state index is 6.29. The Bertz CT molecular complexity index is 928. The Morgan fingerprint density at radius 3 is 2.26 bits per heavy atom. The quantitative estimate of drug-likeness (QED) is 0.528. The van der Waals surface area contributed by atoms with Gasteiger partial charge in [0.05, 0.1) is 30.5 Å². The summed E-state index contributed by atoms with van der Waals surface area (Å²) >= 11 is 6.29. The number of hydrogen-bond donors (Lipinski definition) is 0. The number of hydrogen-bond acceptors (Lipinski definition) is 7. The van der Waals surface area contributed by atoms with Crippen LogP contribution in [0.3, 0.4) is 0 Å². The first kappa shape index (κ1) is 23.5. The van der Waals surface area contributed by atoms with E-state index >= 15 is 0 Å². The molecule has 2 fully saturated rings. The van der Waals surface area contributed by atoms with Gasteiger partial charge < -0.3 is 23.8 Å². The highest BCUT2D eigenvalue weighted by Gasteiger charge is 2.25. The fraction of sp³-hybridized carbons (Fsp3) is 0.538. The molecule has 2 aromatic carbocycles. The van der Waals surface area contributed by atoms with E-state index in [2.05, 4.69) is 39.0 Å². The smallest absolute Gasteiger partial charge is 0.186 e. The molecule has 0 radical (unpaired) electrons. The second-order valence-electron chi connectivity index (χ2n) is 8.98. The summed E-state index contributed by atoms with van der Waals surface area (Å²) < 4.78 is 23.0. The fourth-order valence-corrected chi connectivity index (χ4v) is 4.94. The van der Waals surface area contributed by atoms with Gasteiger partial charge in [-0.15, -0.1) is 0 Å². The van der Waals surface area contributed by atoms with E-state index in [9.17, 15) is 0 Å². The molecule has 0 N–H and O–H groups in total. The molecule has 0 amide bonds. The predicted octanol–water partition coefficient (Wildman–Crippen LogP) is 3.53. The number of rotatable bonds is 8. The third-order valence-electron chi connectivity index (χ3n) is 6.65. The molecule has 0 unspecified atom stereocenters.